The molecule has 0 saturated heterocycles. The lowest BCUT2D eigenvalue weighted by Gasteiger charge is -2.41. The Kier molecular flexibility index (Phi) is 3.36. The van der Waals surface area contributed by atoms with E-state index in [-0.39, 0.29) is 11.7 Å². The fourth-order valence-corrected chi connectivity index (χ4v) is 2.14. The van der Waals surface area contributed by atoms with Gasteiger partial charge in [0.1, 0.15) is 0 Å². The molecule has 0 aromatic heterocycles. The summed E-state index contributed by atoms with van der Waals surface area (Å²) in [5.41, 5.74) is -0.300. The molecule has 0 bridgehead atoms. The van der Waals surface area contributed by atoms with Crippen LogP contribution in [0.5, 0.6) is 0 Å². The third kappa shape index (κ3) is 2.23. The second kappa shape index (κ2) is 3.97. The summed E-state index contributed by atoms with van der Waals surface area (Å²) in [6, 6.07) is 0. The molecule has 0 aliphatic heterocycles. The van der Waals surface area contributed by atoms with E-state index in [4.69, 9.17) is 4.74 Å². The van der Waals surface area contributed by atoms with Crippen molar-refractivity contribution >= 4 is 0 Å². The van der Waals surface area contributed by atoms with Crippen LogP contribution in [0.2, 0.25) is 0 Å². The van der Waals surface area contributed by atoms with Crippen LogP contribution in [-0.2, 0) is 4.74 Å². The van der Waals surface area contributed by atoms with E-state index in [9.17, 15) is 5.11 Å². The molecule has 0 amide bonds. The highest BCUT2D eigenvalue weighted by Crippen LogP contribution is 2.37. The highest BCUT2D eigenvalue weighted by atomic mass is 16.5. The van der Waals surface area contributed by atoms with Crippen molar-refractivity contribution in [3.8, 4) is 0 Å². The van der Waals surface area contributed by atoms with Crippen molar-refractivity contribution in [3.63, 3.8) is 0 Å². The van der Waals surface area contributed by atoms with E-state index in [1.165, 1.54) is 6.42 Å². The average molecular weight is 186 g/mol. The second-order valence-corrected chi connectivity index (χ2v) is 4.81. The van der Waals surface area contributed by atoms with Crippen molar-refractivity contribution in [1.82, 2.24) is 0 Å². The summed E-state index contributed by atoms with van der Waals surface area (Å²) in [7, 11) is 1.69. The van der Waals surface area contributed by atoms with E-state index in [0.717, 1.165) is 12.8 Å². The zero-order valence-electron chi connectivity index (χ0n) is 9.21. The molecule has 0 spiro atoms. The molecule has 1 saturated carbocycles. The SMILES string of the molecule is COC1(C)CC[C@@H](C(C)C)CC1O. The van der Waals surface area contributed by atoms with Crippen LogP contribution >= 0.6 is 0 Å². The molecule has 3 atom stereocenters. The van der Waals surface area contributed by atoms with Crippen LogP contribution in [0, 0.1) is 11.8 Å². The zero-order valence-corrected chi connectivity index (χ0v) is 9.21. The Hall–Kier alpha value is -0.0800. The molecule has 0 aromatic carbocycles. The summed E-state index contributed by atoms with van der Waals surface area (Å²) < 4.78 is 5.37. The van der Waals surface area contributed by atoms with Gasteiger partial charge in [-0.3, -0.25) is 0 Å². The molecule has 1 aliphatic carbocycles. The molecular weight excluding hydrogens is 164 g/mol. The van der Waals surface area contributed by atoms with Crippen LogP contribution in [-0.4, -0.2) is 23.9 Å². The van der Waals surface area contributed by atoms with Crippen molar-refractivity contribution in [2.24, 2.45) is 11.8 Å². The number of aliphatic hydroxyl groups is 1. The number of ether oxygens (including phenoxy) is 1. The van der Waals surface area contributed by atoms with Crippen molar-refractivity contribution in [1.29, 1.82) is 0 Å². The third-order valence-corrected chi connectivity index (χ3v) is 3.65. The molecule has 1 rings (SSSR count). The van der Waals surface area contributed by atoms with Crippen molar-refractivity contribution in [3.05, 3.63) is 0 Å². The van der Waals surface area contributed by atoms with E-state index in [1.54, 1.807) is 7.11 Å². The third-order valence-electron chi connectivity index (χ3n) is 3.65. The fraction of sp³-hybridized carbons (Fsp3) is 1.00. The Labute approximate surface area is 81.3 Å². The van der Waals surface area contributed by atoms with Crippen molar-refractivity contribution in [2.75, 3.05) is 7.11 Å². The average Bonchev–Trinajstić information content (AvgIpc) is 2.09. The summed E-state index contributed by atoms with van der Waals surface area (Å²) in [6.07, 6.45) is 2.76. The first kappa shape index (κ1) is 11.0. The molecule has 13 heavy (non-hydrogen) atoms. The normalized spacial score (nSPS) is 41.1. The van der Waals surface area contributed by atoms with Gasteiger partial charge in [0, 0.05) is 7.11 Å². The van der Waals surface area contributed by atoms with E-state index in [0.29, 0.717) is 11.8 Å². The maximum absolute atomic E-state index is 9.92. The maximum atomic E-state index is 9.92. The van der Waals surface area contributed by atoms with Gasteiger partial charge in [0.2, 0.25) is 0 Å². The minimum Gasteiger partial charge on any atom is -0.390 e. The summed E-state index contributed by atoms with van der Waals surface area (Å²) in [4.78, 5) is 0. The molecule has 0 radical (unpaired) electrons. The van der Waals surface area contributed by atoms with Crippen LogP contribution in [0.3, 0.4) is 0 Å². The Morgan fingerprint density at radius 1 is 1.46 bits per heavy atom. The molecule has 78 valence electrons. The van der Waals surface area contributed by atoms with Crippen LogP contribution in [0.25, 0.3) is 0 Å². The minimum atomic E-state index is -0.300. The molecule has 1 N–H and O–H groups in total. The molecule has 0 aromatic rings. The van der Waals surface area contributed by atoms with Gasteiger partial charge in [0.15, 0.2) is 0 Å². The topological polar surface area (TPSA) is 29.5 Å². The number of rotatable bonds is 2. The van der Waals surface area contributed by atoms with Crippen molar-refractivity contribution in [2.45, 2.75) is 51.7 Å². The van der Waals surface area contributed by atoms with Gasteiger partial charge in [-0.05, 0) is 38.0 Å². The van der Waals surface area contributed by atoms with Crippen LogP contribution in [0.15, 0.2) is 0 Å². The van der Waals surface area contributed by atoms with Crippen LogP contribution in [0.1, 0.15) is 40.0 Å². The van der Waals surface area contributed by atoms with Gasteiger partial charge in [0.05, 0.1) is 11.7 Å². The lowest BCUT2D eigenvalue weighted by Crippen LogP contribution is -2.46. The Morgan fingerprint density at radius 3 is 2.46 bits per heavy atom. The second-order valence-electron chi connectivity index (χ2n) is 4.81. The van der Waals surface area contributed by atoms with E-state index in [2.05, 4.69) is 13.8 Å². The lowest BCUT2D eigenvalue weighted by molar-refractivity contribution is -0.126. The lowest BCUT2D eigenvalue weighted by atomic mass is 9.73. The first-order chi connectivity index (χ1) is 5.99. The molecule has 1 aliphatic rings. The highest BCUT2D eigenvalue weighted by molar-refractivity contribution is 4.91. The van der Waals surface area contributed by atoms with Crippen LogP contribution in [0.4, 0.5) is 0 Å². The Morgan fingerprint density at radius 2 is 2.08 bits per heavy atom. The number of hydrogen-bond acceptors (Lipinski definition) is 2. The van der Waals surface area contributed by atoms with Gasteiger partial charge in [-0.1, -0.05) is 13.8 Å². The molecule has 2 nitrogen and oxygen atoms in total. The molecule has 1 fully saturated rings. The quantitative estimate of drug-likeness (QED) is 0.716. The molecule has 2 unspecified atom stereocenters. The minimum absolute atomic E-state index is 0.293. The maximum Gasteiger partial charge on any atom is 0.0908 e. The summed E-state index contributed by atoms with van der Waals surface area (Å²) in [5, 5.41) is 9.92. The number of aliphatic hydroxyl groups excluding tert-OH is 1. The van der Waals surface area contributed by atoms with E-state index >= 15 is 0 Å². The molecule has 0 heterocycles. The van der Waals surface area contributed by atoms with Gasteiger partial charge in [0.25, 0.3) is 0 Å². The zero-order chi connectivity index (χ0) is 10.1. The Balaban J connectivity index is 2.56. The van der Waals surface area contributed by atoms with E-state index < -0.39 is 0 Å². The summed E-state index contributed by atoms with van der Waals surface area (Å²) >= 11 is 0. The molecule has 2 heteroatoms. The molecular formula is C11H22O2. The van der Waals surface area contributed by atoms with Gasteiger partial charge in [-0.2, -0.15) is 0 Å². The van der Waals surface area contributed by atoms with Gasteiger partial charge >= 0.3 is 0 Å². The number of methoxy groups -OCH3 is 1. The first-order valence-corrected chi connectivity index (χ1v) is 5.23. The summed E-state index contributed by atoms with van der Waals surface area (Å²) in [5.74, 6) is 1.34. The largest absolute Gasteiger partial charge is 0.390 e. The standard InChI is InChI=1S/C11H22O2/c1-8(2)9-5-6-11(3,13-4)10(12)7-9/h8-10,12H,5-7H2,1-4H3/t9-,10?,11?/m1/s1. The smallest absolute Gasteiger partial charge is 0.0908 e. The summed E-state index contributed by atoms with van der Waals surface area (Å²) in [6.45, 7) is 6.47. The Bertz CT molecular complexity index is 167. The monoisotopic (exact) mass is 186 g/mol. The van der Waals surface area contributed by atoms with Crippen LogP contribution < -0.4 is 0 Å². The van der Waals surface area contributed by atoms with Gasteiger partial charge < -0.3 is 9.84 Å². The predicted molar refractivity (Wildman–Crippen MR) is 53.6 cm³/mol. The highest BCUT2D eigenvalue weighted by Gasteiger charge is 2.39. The van der Waals surface area contributed by atoms with Gasteiger partial charge in [-0.25, -0.2) is 0 Å². The van der Waals surface area contributed by atoms with Crippen molar-refractivity contribution < 1.29 is 9.84 Å². The fourth-order valence-electron chi connectivity index (χ4n) is 2.14. The van der Waals surface area contributed by atoms with E-state index in [1.807, 2.05) is 6.92 Å². The van der Waals surface area contributed by atoms with Gasteiger partial charge in [-0.15, -0.1) is 0 Å². The first-order valence-electron chi connectivity index (χ1n) is 5.23. The predicted octanol–water partition coefficient (Wildman–Crippen LogP) is 2.21. The number of hydrogen-bond donors (Lipinski definition) is 1.